The molecule has 4 heteroatoms. The van der Waals surface area contributed by atoms with Crippen molar-refractivity contribution in [2.45, 2.75) is 39.5 Å². The number of carboxylic acid groups (broad SMARTS) is 1. The molecule has 0 aromatic heterocycles. The van der Waals surface area contributed by atoms with Crippen molar-refractivity contribution in [2.24, 2.45) is 27.7 Å². The third-order valence-corrected chi connectivity index (χ3v) is 4.91. The molecule has 0 aromatic rings. The molecule has 2 bridgehead atoms. The van der Waals surface area contributed by atoms with Crippen molar-refractivity contribution in [3.8, 4) is 0 Å². The van der Waals surface area contributed by atoms with Gasteiger partial charge in [0.1, 0.15) is 0 Å². The zero-order valence-corrected chi connectivity index (χ0v) is 9.29. The number of carbonyl (C=O) groups is 1. The third-order valence-electron chi connectivity index (χ3n) is 4.91. The van der Waals surface area contributed by atoms with Crippen LogP contribution in [0.2, 0.25) is 0 Å². The second-order valence-corrected chi connectivity index (χ2v) is 5.34. The average molecular weight is 210 g/mol. The van der Waals surface area contributed by atoms with Gasteiger partial charge in [0.15, 0.2) is 0 Å². The molecule has 0 radical (unpaired) electrons. The molecule has 2 aliphatic carbocycles. The summed E-state index contributed by atoms with van der Waals surface area (Å²) in [4.78, 5) is 10.9. The van der Waals surface area contributed by atoms with E-state index in [1.807, 2.05) is 0 Å². The molecule has 84 valence electrons. The molecule has 0 saturated heterocycles. The maximum Gasteiger partial charge on any atom is 0.303 e. The number of fused-ring (bicyclic) bond motifs is 2. The van der Waals surface area contributed by atoms with Crippen LogP contribution in [0.4, 0.5) is 0 Å². The SMILES string of the molecule is C[C@@]12CC[C@@H](C/C1=N/N)[C@@]2(C)CC(=O)O. The van der Waals surface area contributed by atoms with Gasteiger partial charge in [-0.1, -0.05) is 13.8 Å². The number of nitrogens with zero attached hydrogens (tertiary/aromatic N) is 1. The number of rotatable bonds is 2. The quantitative estimate of drug-likeness (QED) is 0.537. The minimum Gasteiger partial charge on any atom is -0.481 e. The number of aliphatic carboxylic acids is 1. The van der Waals surface area contributed by atoms with Gasteiger partial charge in [0.25, 0.3) is 0 Å². The third kappa shape index (κ3) is 1.13. The molecule has 0 unspecified atom stereocenters. The topological polar surface area (TPSA) is 75.7 Å². The first-order valence-electron chi connectivity index (χ1n) is 5.43. The van der Waals surface area contributed by atoms with Gasteiger partial charge in [0.05, 0.1) is 6.42 Å². The van der Waals surface area contributed by atoms with E-state index >= 15 is 0 Å². The maximum absolute atomic E-state index is 10.9. The van der Waals surface area contributed by atoms with E-state index in [-0.39, 0.29) is 17.3 Å². The molecule has 0 amide bonds. The Morgan fingerprint density at radius 2 is 2.33 bits per heavy atom. The summed E-state index contributed by atoms with van der Waals surface area (Å²) in [7, 11) is 0. The van der Waals surface area contributed by atoms with Crippen molar-refractivity contribution >= 4 is 11.7 Å². The van der Waals surface area contributed by atoms with E-state index in [0.29, 0.717) is 5.92 Å². The summed E-state index contributed by atoms with van der Waals surface area (Å²) in [6, 6.07) is 0. The molecule has 15 heavy (non-hydrogen) atoms. The van der Waals surface area contributed by atoms with E-state index in [0.717, 1.165) is 25.0 Å². The van der Waals surface area contributed by atoms with Gasteiger partial charge < -0.3 is 10.9 Å². The van der Waals surface area contributed by atoms with E-state index in [9.17, 15) is 4.79 Å². The molecule has 2 saturated carbocycles. The Kier molecular flexibility index (Phi) is 2.07. The van der Waals surface area contributed by atoms with E-state index in [1.54, 1.807) is 0 Å². The molecule has 3 atom stereocenters. The Hall–Kier alpha value is -1.06. The minimum absolute atomic E-state index is 0.0925. The second-order valence-electron chi connectivity index (χ2n) is 5.34. The molecule has 0 aliphatic heterocycles. The van der Waals surface area contributed by atoms with Crippen LogP contribution >= 0.6 is 0 Å². The summed E-state index contributed by atoms with van der Waals surface area (Å²) < 4.78 is 0. The lowest BCUT2D eigenvalue weighted by Crippen LogP contribution is -2.37. The molecule has 3 N–H and O–H groups in total. The molecule has 2 fully saturated rings. The lowest BCUT2D eigenvalue weighted by molar-refractivity contribution is -0.141. The van der Waals surface area contributed by atoms with Crippen LogP contribution in [0, 0.1) is 16.7 Å². The van der Waals surface area contributed by atoms with Crippen molar-refractivity contribution in [3.05, 3.63) is 0 Å². The van der Waals surface area contributed by atoms with E-state index in [4.69, 9.17) is 10.9 Å². The summed E-state index contributed by atoms with van der Waals surface area (Å²) in [6.45, 7) is 4.20. The zero-order chi connectivity index (χ0) is 11.3. The Labute approximate surface area is 89.5 Å². The van der Waals surface area contributed by atoms with Crippen LogP contribution < -0.4 is 5.84 Å². The van der Waals surface area contributed by atoms with Crippen molar-refractivity contribution in [1.82, 2.24) is 0 Å². The first kappa shape index (κ1) is 10.5. The maximum atomic E-state index is 10.9. The van der Waals surface area contributed by atoms with Crippen LogP contribution in [-0.2, 0) is 4.79 Å². The van der Waals surface area contributed by atoms with Crippen molar-refractivity contribution in [2.75, 3.05) is 0 Å². The fraction of sp³-hybridized carbons (Fsp3) is 0.818. The standard InChI is InChI=1S/C11H18N2O2/c1-10-4-3-7(5-8(10)13-12)11(10,2)6-9(14)15/h7H,3-6,12H2,1-2H3,(H,14,15)/b13-8-/t7-,10+,11+/m0/s1. The van der Waals surface area contributed by atoms with Crippen molar-refractivity contribution < 1.29 is 9.90 Å². The van der Waals surface area contributed by atoms with Gasteiger partial charge in [0.2, 0.25) is 0 Å². The van der Waals surface area contributed by atoms with Crippen LogP contribution in [0.25, 0.3) is 0 Å². The molecule has 0 spiro atoms. The Bertz CT molecular complexity index is 339. The Balaban J connectivity index is 2.39. The molecule has 0 aromatic carbocycles. The van der Waals surface area contributed by atoms with Crippen LogP contribution in [0.15, 0.2) is 5.10 Å². The highest BCUT2D eigenvalue weighted by Gasteiger charge is 2.62. The average Bonchev–Trinajstić information content (AvgIpc) is 2.49. The van der Waals surface area contributed by atoms with Gasteiger partial charge in [-0.25, -0.2) is 0 Å². The summed E-state index contributed by atoms with van der Waals surface area (Å²) in [5.41, 5.74) is 0.768. The summed E-state index contributed by atoms with van der Waals surface area (Å²) in [5, 5.41) is 12.9. The van der Waals surface area contributed by atoms with Crippen molar-refractivity contribution in [1.29, 1.82) is 0 Å². The molecule has 2 rings (SSSR count). The van der Waals surface area contributed by atoms with E-state index in [2.05, 4.69) is 18.9 Å². The summed E-state index contributed by atoms with van der Waals surface area (Å²) in [5.74, 6) is 5.13. The Morgan fingerprint density at radius 3 is 2.80 bits per heavy atom. The molecule has 4 nitrogen and oxygen atoms in total. The van der Waals surface area contributed by atoms with E-state index in [1.165, 1.54) is 0 Å². The van der Waals surface area contributed by atoms with Gasteiger partial charge in [-0.2, -0.15) is 5.10 Å². The predicted octanol–water partition coefficient (Wildman–Crippen LogP) is 1.60. The first-order chi connectivity index (χ1) is 6.94. The lowest BCUT2D eigenvalue weighted by atomic mass is 9.67. The highest BCUT2D eigenvalue weighted by Crippen LogP contribution is 2.65. The number of hydrazone groups is 1. The van der Waals surface area contributed by atoms with Crippen LogP contribution in [0.1, 0.15) is 39.5 Å². The highest BCUT2D eigenvalue weighted by molar-refractivity contribution is 5.94. The van der Waals surface area contributed by atoms with Gasteiger partial charge in [-0.15, -0.1) is 0 Å². The van der Waals surface area contributed by atoms with Crippen LogP contribution in [0.3, 0.4) is 0 Å². The smallest absolute Gasteiger partial charge is 0.303 e. The van der Waals surface area contributed by atoms with Crippen LogP contribution in [0.5, 0.6) is 0 Å². The lowest BCUT2D eigenvalue weighted by Gasteiger charge is -2.36. The fourth-order valence-electron chi connectivity index (χ4n) is 3.63. The second kappa shape index (κ2) is 2.97. The van der Waals surface area contributed by atoms with Gasteiger partial charge in [-0.3, -0.25) is 4.79 Å². The van der Waals surface area contributed by atoms with Crippen molar-refractivity contribution in [3.63, 3.8) is 0 Å². The normalized spacial score (nSPS) is 46.3. The number of carboxylic acids is 1. The predicted molar refractivity (Wildman–Crippen MR) is 57.4 cm³/mol. The van der Waals surface area contributed by atoms with Gasteiger partial charge in [0, 0.05) is 11.1 Å². The molecule has 2 aliphatic rings. The number of hydrogen-bond donors (Lipinski definition) is 2. The largest absolute Gasteiger partial charge is 0.481 e. The summed E-state index contributed by atoms with van der Waals surface area (Å²) in [6.07, 6.45) is 3.25. The molecular weight excluding hydrogens is 192 g/mol. The molecular formula is C11H18N2O2. The van der Waals surface area contributed by atoms with Crippen LogP contribution in [-0.4, -0.2) is 16.8 Å². The molecule has 0 heterocycles. The minimum atomic E-state index is -0.714. The van der Waals surface area contributed by atoms with E-state index < -0.39 is 5.97 Å². The van der Waals surface area contributed by atoms with Gasteiger partial charge >= 0.3 is 5.97 Å². The Morgan fingerprint density at radius 1 is 1.67 bits per heavy atom. The monoisotopic (exact) mass is 210 g/mol. The zero-order valence-electron chi connectivity index (χ0n) is 9.29. The number of nitrogens with two attached hydrogens (primary N) is 1. The highest BCUT2D eigenvalue weighted by atomic mass is 16.4. The van der Waals surface area contributed by atoms with Gasteiger partial charge in [-0.05, 0) is 30.6 Å². The first-order valence-corrected chi connectivity index (χ1v) is 5.43. The summed E-state index contributed by atoms with van der Waals surface area (Å²) >= 11 is 0. The fourth-order valence-corrected chi connectivity index (χ4v) is 3.63. The number of hydrogen-bond acceptors (Lipinski definition) is 3.